The van der Waals surface area contributed by atoms with E-state index in [-0.39, 0.29) is 12.3 Å². The van der Waals surface area contributed by atoms with E-state index in [4.69, 9.17) is 0 Å². The van der Waals surface area contributed by atoms with Crippen molar-refractivity contribution in [2.24, 2.45) is 11.3 Å². The van der Waals surface area contributed by atoms with E-state index in [1.165, 1.54) is 6.42 Å². The third kappa shape index (κ3) is 6.05. The van der Waals surface area contributed by atoms with Gasteiger partial charge >= 0.3 is 0 Å². The van der Waals surface area contributed by atoms with Gasteiger partial charge in [0, 0.05) is 0 Å². The summed E-state index contributed by atoms with van der Waals surface area (Å²) < 4.78 is 0. The molecule has 0 rings (SSSR count). The molecule has 0 saturated heterocycles. The van der Waals surface area contributed by atoms with Crippen LogP contribution in [0, 0.1) is 11.3 Å². The van der Waals surface area contributed by atoms with E-state index < -0.39 is 0 Å². The van der Waals surface area contributed by atoms with Gasteiger partial charge in [0.1, 0.15) is 0 Å². The molecule has 0 bridgehead atoms. The molecule has 0 amide bonds. The first-order chi connectivity index (χ1) is 3.48. The molecule has 0 aromatic carbocycles. The molecule has 1 atom stereocenters. The molecule has 1 unspecified atom stereocenters. The third-order valence-corrected chi connectivity index (χ3v) is 2.09. The fraction of sp³-hybridized carbons (Fsp3) is 1.00. The molecule has 66 valence electrons. The molecule has 0 spiro atoms. The van der Waals surface area contributed by atoms with Gasteiger partial charge in [-0.05, 0) is 11.3 Å². The van der Waals surface area contributed by atoms with E-state index in [0.717, 1.165) is 5.92 Å². The van der Waals surface area contributed by atoms with Crippen LogP contribution in [-0.4, -0.2) is 0 Å². The Kier molecular flexibility index (Phi) is 9.37. The SMILES string of the molecule is CCC(C)C(C)(C)C.N.N. The minimum Gasteiger partial charge on any atom is -0.344 e. The maximum absolute atomic E-state index is 2.31. The summed E-state index contributed by atoms with van der Waals surface area (Å²) in [5.41, 5.74) is 0.509. The largest absolute Gasteiger partial charge is 0.344 e. The van der Waals surface area contributed by atoms with Crippen LogP contribution in [0.25, 0.3) is 0 Å². The Morgan fingerprint density at radius 1 is 1.10 bits per heavy atom. The molecular weight excluding hydrogens is 124 g/mol. The number of rotatable bonds is 1. The molecule has 0 aliphatic heterocycles. The van der Waals surface area contributed by atoms with Crippen LogP contribution >= 0.6 is 0 Å². The van der Waals surface area contributed by atoms with E-state index in [9.17, 15) is 0 Å². The van der Waals surface area contributed by atoms with E-state index in [2.05, 4.69) is 34.6 Å². The zero-order chi connectivity index (χ0) is 6.78. The standard InChI is InChI=1S/C8H18.2H3N/c1-6-7(2)8(3,4)5;;/h7H,6H2,1-5H3;2*1H3. The van der Waals surface area contributed by atoms with E-state index in [1.54, 1.807) is 0 Å². The van der Waals surface area contributed by atoms with Crippen LogP contribution in [0.3, 0.4) is 0 Å². The molecule has 6 N–H and O–H groups in total. The average molecular weight is 148 g/mol. The molecule has 0 aliphatic rings. The van der Waals surface area contributed by atoms with Gasteiger partial charge in [-0.1, -0.05) is 41.0 Å². The highest BCUT2D eigenvalue weighted by Gasteiger charge is 2.16. The summed E-state index contributed by atoms with van der Waals surface area (Å²) in [7, 11) is 0. The first kappa shape index (κ1) is 16.5. The predicted molar refractivity (Wildman–Crippen MR) is 49.0 cm³/mol. The first-order valence-corrected chi connectivity index (χ1v) is 3.48. The maximum atomic E-state index is 2.31. The van der Waals surface area contributed by atoms with Gasteiger partial charge < -0.3 is 12.3 Å². The van der Waals surface area contributed by atoms with Gasteiger partial charge in [-0.25, -0.2) is 0 Å². The summed E-state index contributed by atoms with van der Waals surface area (Å²) >= 11 is 0. The van der Waals surface area contributed by atoms with Gasteiger partial charge in [-0.2, -0.15) is 0 Å². The molecule has 0 aromatic heterocycles. The van der Waals surface area contributed by atoms with E-state index >= 15 is 0 Å². The number of hydrogen-bond acceptors (Lipinski definition) is 2. The Labute approximate surface area is 65.6 Å². The second-order valence-corrected chi connectivity index (χ2v) is 3.68. The molecule has 0 radical (unpaired) electrons. The first-order valence-electron chi connectivity index (χ1n) is 3.48. The summed E-state index contributed by atoms with van der Waals surface area (Å²) in [5, 5.41) is 0. The van der Waals surface area contributed by atoms with E-state index in [0.29, 0.717) is 5.41 Å². The van der Waals surface area contributed by atoms with Crippen molar-refractivity contribution in [3.63, 3.8) is 0 Å². The quantitative estimate of drug-likeness (QED) is 0.598. The topological polar surface area (TPSA) is 70.0 Å². The van der Waals surface area contributed by atoms with Crippen molar-refractivity contribution in [3.8, 4) is 0 Å². The predicted octanol–water partition coefficient (Wildman–Crippen LogP) is 3.40. The summed E-state index contributed by atoms with van der Waals surface area (Å²) in [6.07, 6.45) is 1.30. The summed E-state index contributed by atoms with van der Waals surface area (Å²) in [4.78, 5) is 0. The molecule has 2 heteroatoms. The molecule has 0 aromatic rings. The Bertz CT molecular complexity index is 64.1. The van der Waals surface area contributed by atoms with Crippen molar-refractivity contribution in [3.05, 3.63) is 0 Å². The van der Waals surface area contributed by atoms with Gasteiger partial charge in [0.15, 0.2) is 0 Å². The summed E-state index contributed by atoms with van der Waals surface area (Å²) in [6.45, 7) is 11.4. The lowest BCUT2D eigenvalue weighted by Crippen LogP contribution is -2.15. The van der Waals surface area contributed by atoms with Crippen LogP contribution in [0.1, 0.15) is 41.0 Å². The van der Waals surface area contributed by atoms with Crippen LogP contribution in [0.15, 0.2) is 0 Å². The number of hydrogen-bond donors (Lipinski definition) is 2. The average Bonchev–Trinajstić information content (AvgIpc) is 1.62. The van der Waals surface area contributed by atoms with Crippen molar-refractivity contribution < 1.29 is 0 Å². The van der Waals surface area contributed by atoms with Gasteiger partial charge in [0.25, 0.3) is 0 Å². The Balaban J connectivity index is -0.000000245. The second-order valence-electron chi connectivity index (χ2n) is 3.68. The second kappa shape index (κ2) is 5.69. The van der Waals surface area contributed by atoms with Crippen molar-refractivity contribution in [1.29, 1.82) is 0 Å². The summed E-state index contributed by atoms with van der Waals surface area (Å²) in [5.74, 6) is 0.850. The monoisotopic (exact) mass is 148 g/mol. The minimum absolute atomic E-state index is 0. The third-order valence-electron chi connectivity index (χ3n) is 2.09. The van der Waals surface area contributed by atoms with Crippen LogP contribution in [0.4, 0.5) is 0 Å². The lowest BCUT2D eigenvalue weighted by Gasteiger charge is -2.25. The van der Waals surface area contributed by atoms with Crippen LogP contribution < -0.4 is 12.3 Å². The molecule has 0 fully saturated rings. The van der Waals surface area contributed by atoms with Crippen molar-refractivity contribution in [2.45, 2.75) is 41.0 Å². The Hall–Kier alpha value is -0.0800. The normalized spacial score (nSPS) is 12.9. The van der Waals surface area contributed by atoms with Gasteiger partial charge in [-0.3, -0.25) is 0 Å². The van der Waals surface area contributed by atoms with Crippen LogP contribution in [0.5, 0.6) is 0 Å². The van der Waals surface area contributed by atoms with Crippen molar-refractivity contribution in [1.82, 2.24) is 12.3 Å². The summed E-state index contributed by atoms with van der Waals surface area (Å²) in [6, 6.07) is 0. The lowest BCUT2D eigenvalue weighted by molar-refractivity contribution is 0.254. The molecule has 2 nitrogen and oxygen atoms in total. The molecule has 0 aliphatic carbocycles. The van der Waals surface area contributed by atoms with Gasteiger partial charge in [-0.15, -0.1) is 0 Å². The lowest BCUT2D eigenvalue weighted by atomic mass is 9.81. The van der Waals surface area contributed by atoms with E-state index in [1.807, 2.05) is 0 Å². The van der Waals surface area contributed by atoms with Crippen LogP contribution in [0.2, 0.25) is 0 Å². The Morgan fingerprint density at radius 2 is 1.40 bits per heavy atom. The molecular formula is C8H24N2. The highest BCUT2D eigenvalue weighted by atomic mass is 14.2. The van der Waals surface area contributed by atoms with Crippen molar-refractivity contribution >= 4 is 0 Å². The molecule has 0 heterocycles. The molecule has 0 saturated carbocycles. The smallest absolute Gasteiger partial charge is 0.0357 e. The van der Waals surface area contributed by atoms with Crippen LogP contribution in [-0.2, 0) is 0 Å². The van der Waals surface area contributed by atoms with Gasteiger partial charge in [0.05, 0.1) is 0 Å². The highest BCUT2D eigenvalue weighted by Crippen LogP contribution is 2.27. The Morgan fingerprint density at radius 3 is 1.40 bits per heavy atom. The fourth-order valence-corrected chi connectivity index (χ4v) is 0.612. The van der Waals surface area contributed by atoms with Gasteiger partial charge in [0.2, 0.25) is 0 Å². The fourth-order valence-electron chi connectivity index (χ4n) is 0.612. The van der Waals surface area contributed by atoms with Crippen molar-refractivity contribution in [2.75, 3.05) is 0 Å². The zero-order valence-electron chi connectivity index (χ0n) is 8.20. The highest BCUT2D eigenvalue weighted by molar-refractivity contribution is 4.67. The minimum atomic E-state index is 0. The molecule has 10 heavy (non-hydrogen) atoms. The zero-order valence-corrected chi connectivity index (χ0v) is 8.20. The maximum Gasteiger partial charge on any atom is -0.0357 e.